The van der Waals surface area contributed by atoms with Crippen molar-refractivity contribution in [1.82, 2.24) is 9.97 Å². The Hall–Kier alpha value is -1.19. The Bertz CT molecular complexity index is 280. The Morgan fingerprint density at radius 2 is 2.14 bits per heavy atom. The lowest BCUT2D eigenvalue weighted by Gasteiger charge is -2.16. The molecule has 0 amide bonds. The molecule has 0 radical (unpaired) electrons. The van der Waals surface area contributed by atoms with E-state index in [0.29, 0.717) is 5.82 Å². The minimum atomic E-state index is 0.668. The molecule has 1 rings (SSSR count). The molecular weight excluding hydrogens is 176 g/mol. The highest BCUT2D eigenvalue weighted by atomic mass is 15.2. The third kappa shape index (κ3) is 2.65. The molecule has 4 nitrogen and oxygen atoms in total. The number of nitrogens with two attached hydrogens (primary N) is 1. The van der Waals surface area contributed by atoms with Crippen LogP contribution in [0, 0.1) is 6.92 Å². The maximum Gasteiger partial charge on any atom is 0.171 e. The molecule has 0 spiro atoms. The van der Waals surface area contributed by atoms with Gasteiger partial charge in [-0.15, -0.1) is 0 Å². The number of rotatable bonds is 5. The van der Waals surface area contributed by atoms with Crippen LogP contribution in [0.5, 0.6) is 0 Å². The molecule has 0 bridgehead atoms. The molecule has 3 N–H and O–H groups in total. The molecule has 1 heterocycles. The first kappa shape index (κ1) is 10.9. The van der Waals surface area contributed by atoms with Crippen LogP contribution in [-0.2, 0) is 0 Å². The summed E-state index contributed by atoms with van der Waals surface area (Å²) in [5.41, 5.74) is 5.79. The summed E-state index contributed by atoms with van der Waals surface area (Å²) in [5.74, 6) is 2.42. The number of unbranched alkanes of at least 4 members (excludes halogenated alkanes) is 2. The first-order valence-electron chi connectivity index (χ1n) is 5.18. The van der Waals surface area contributed by atoms with Crippen molar-refractivity contribution in [3.63, 3.8) is 0 Å². The Kier molecular flexibility index (Phi) is 3.80. The molecule has 0 aliphatic carbocycles. The van der Waals surface area contributed by atoms with Crippen LogP contribution in [0.15, 0.2) is 0 Å². The molecule has 1 aromatic rings. The van der Waals surface area contributed by atoms with Crippen molar-refractivity contribution < 1.29 is 0 Å². The highest BCUT2D eigenvalue weighted by Crippen LogP contribution is 2.18. The van der Waals surface area contributed by atoms with Crippen LogP contribution >= 0.6 is 0 Å². The second-order valence-electron chi connectivity index (χ2n) is 3.69. The van der Waals surface area contributed by atoms with E-state index >= 15 is 0 Å². The average molecular weight is 196 g/mol. The predicted molar refractivity (Wildman–Crippen MR) is 60.5 cm³/mol. The average Bonchev–Trinajstić information content (AvgIpc) is 2.45. The molecule has 0 saturated heterocycles. The maximum atomic E-state index is 5.79. The zero-order valence-corrected chi connectivity index (χ0v) is 9.30. The summed E-state index contributed by atoms with van der Waals surface area (Å²) in [6.45, 7) is 5.13. The highest BCUT2D eigenvalue weighted by molar-refractivity contribution is 5.58. The monoisotopic (exact) mass is 196 g/mol. The Labute approximate surface area is 85.5 Å². The SMILES string of the molecule is CCCCCN(C)c1nc(C)[nH]c1N. The number of imidazole rings is 1. The van der Waals surface area contributed by atoms with Crippen molar-refractivity contribution in [1.29, 1.82) is 0 Å². The second kappa shape index (κ2) is 4.88. The summed E-state index contributed by atoms with van der Waals surface area (Å²) in [4.78, 5) is 9.44. The number of nitrogen functional groups attached to an aromatic ring is 1. The number of hydrogen-bond acceptors (Lipinski definition) is 3. The molecule has 4 heteroatoms. The second-order valence-corrected chi connectivity index (χ2v) is 3.69. The summed E-state index contributed by atoms with van der Waals surface area (Å²) in [6.07, 6.45) is 3.69. The molecular formula is C10H20N4. The van der Waals surface area contributed by atoms with Gasteiger partial charge in [0.1, 0.15) is 11.6 Å². The van der Waals surface area contributed by atoms with Crippen molar-refractivity contribution in [2.75, 3.05) is 24.2 Å². The lowest BCUT2D eigenvalue weighted by molar-refractivity contribution is 0.702. The molecule has 0 saturated carbocycles. The van der Waals surface area contributed by atoms with Crippen LogP contribution < -0.4 is 10.6 Å². The van der Waals surface area contributed by atoms with Gasteiger partial charge < -0.3 is 15.6 Å². The van der Waals surface area contributed by atoms with Gasteiger partial charge in [0.25, 0.3) is 0 Å². The minimum absolute atomic E-state index is 0.668. The van der Waals surface area contributed by atoms with Crippen molar-refractivity contribution >= 4 is 11.6 Å². The molecule has 0 aromatic carbocycles. The summed E-state index contributed by atoms with van der Waals surface area (Å²) < 4.78 is 0. The van der Waals surface area contributed by atoms with Crippen molar-refractivity contribution in [3.8, 4) is 0 Å². The Balaban J connectivity index is 2.51. The summed E-state index contributed by atoms with van der Waals surface area (Å²) in [5, 5.41) is 0. The van der Waals surface area contributed by atoms with E-state index in [1.54, 1.807) is 0 Å². The molecule has 0 unspecified atom stereocenters. The molecule has 1 aromatic heterocycles. The lowest BCUT2D eigenvalue weighted by Crippen LogP contribution is -2.19. The number of nitrogens with one attached hydrogen (secondary N) is 1. The van der Waals surface area contributed by atoms with Gasteiger partial charge in [0.2, 0.25) is 0 Å². The van der Waals surface area contributed by atoms with E-state index in [4.69, 9.17) is 5.73 Å². The summed E-state index contributed by atoms with van der Waals surface area (Å²) in [7, 11) is 2.03. The van der Waals surface area contributed by atoms with E-state index in [9.17, 15) is 0 Å². The number of aromatic nitrogens is 2. The zero-order valence-electron chi connectivity index (χ0n) is 9.30. The maximum absolute atomic E-state index is 5.79. The standard InChI is InChI=1S/C10H20N4/c1-4-5-6-7-14(3)10-9(11)12-8(2)13-10/h4-7,11H2,1-3H3,(H,12,13). The van der Waals surface area contributed by atoms with Crippen LogP contribution in [0.1, 0.15) is 32.0 Å². The summed E-state index contributed by atoms with van der Waals surface area (Å²) >= 11 is 0. The van der Waals surface area contributed by atoms with E-state index in [0.717, 1.165) is 18.2 Å². The van der Waals surface area contributed by atoms with E-state index in [-0.39, 0.29) is 0 Å². The largest absolute Gasteiger partial charge is 0.382 e. The zero-order chi connectivity index (χ0) is 10.6. The van der Waals surface area contributed by atoms with E-state index < -0.39 is 0 Å². The third-order valence-electron chi connectivity index (χ3n) is 2.29. The molecule has 0 atom stereocenters. The minimum Gasteiger partial charge on any atom is -0.382 e. The van der Waals surface area contributed by atoms with Gasteiger partial charge in [0.05, 0.1) is 0 Å². The first-order valence-corrected chi connectivity index (χ1v) is 5.18. The van der Waals surface area contributed by atoms with Gasteiger partial charge in [0, 0.05) is 13.6 Å². The van der Waals surface area contributed by atoms with Gasteiger partial charge in [-0.25, -0.2) is 4.98 Å². The fourth-order valence-corrected chi connectivity index (χ4v) is 1.49. The van der Waals surface area contributed by atoms with Crippen molar-refractivity contribution in [3.05, 3.63) is 5.82 Å². The lowest BCUT2D eigenvalue weighted by atomic mass is 10.2. The summed E-state index contributed by atoms with van der Waals surface area (Å²) in [6, 6.07) is 0. The highest BCUT2D eigenvalue weighted by Gasteiger charge is 2.08. The predicted octanol–water partition coefficient (Wildman–Crippen LogP) is 1.93. The molecule has 14 heavy (non-hydrogen) atoms. The van der Waals surface area contributed by atoms with Gasteiger partial charge in [0.15, 0.2) is 5.82 Å². The smallest absolute Gasteiger partial charge is 0.171 e. The van der Waals surface area contributed by atoms with Gasteiger partial charge >= 0.3 is 0 Å². The fraction of sp³-hybridized carbons (Fsp3) is 0.700. The van der Waals surface area contributed by atoms with Crippen LogP contribution in [0.25, 0.3) is 0 Å². The van der Waals surface area contributed by atoms with Gasteiger partial charge in [-0.3, -0.25) is 0 Å². The topological polar surface area (TPSA) is 57.9 Å². The number of aromatic amines is 1. The first-order chi connectivity index (χ1) is 6.65. The number of aryl methyl sites for hydroxylation is 1. The number of H-pyrrole nitrogens is 1. The number of nitrogens with zero attached hydrogens (tertiary/aromatic N) is 2. The van der Waals surface area contributed by atoms with Crippen LogP contribution in [0.3, 0.4) is 0 Å². The molecule has 0 fully saturated rings. The number of hydrogen-bond donors (Lipinski definition) is 2. The van der Waals surface area contributed by atoms with Crippen molar-refractivity contribution in [2.45, 2.75) is 33.1 Å². The Morgan fingerprint density at radius 1 is 1.43 bits per heavy atom. The normalized spacial score (nSPS) is 10.5. The third-order valence-corrected chi connectivity index (χ3v) is 2.29. The van der Waals surface area contributed by atoms with Crippen LogP contribution in [0.4, 0.5) is 11.6 Å². The fourth-order valence-electron chi connectivity index (χ4n) is 1.49. The van der Waals surface area contributed by atoms with Gasteiger partial charge in [-0.2, -0.15) is 0 Å². The van der Waals surface area contributed by atoms with E-state index in [1.165, 1.54) is 19.3 Å². The number of anilines is 2. The molecule has 0 aliphatic heterocycles. The Morgan fingerprint density at radius 3 is 2.64 bits per heavy atom. The van der Waals surface area contributed by atoms with Gasteiger partial charge in [-0.1, -0.05) is 19.8 Å². The van der Waals surface area contributed by atoms with Crippen molar-refractivity contribution in [2.24, 2.45) is 0 Å². The van der Waals surface area contributed by atoms with Crippen LogP contribution in [-0.4, -0.2) is 23.6 Å². The quantitative estimate of drug-likeness (QED) is 0.707. The van der Waals surface area contributed by atoms with E-state index in [1.807, 2.05) is 14.0 Å². The van der Waals surface area contributed by atoms with Gasteiger partial charge in [-0.05, 0) is 13.3 Å². The molecule has 80 valence electrons. The molecule has 0 aliphatic rings. The van der Waals surface area contributed by atoms with E-state index in [2.05, 4.69) is 21.8 Å². The van der Waals surface area contributed by atoms with Crippen LogP contribution in [0.2, 0.25) is 0 Å².